The number of hydrogen-bond acceptors (Lipinski definition) is 6. The van der Waals surface area contributed by atoms with Crippen molar-refractivity contribution in [2.24, 2.45) is 0 Å². The van der Waals surface area contributed by atoms with E-state index in [-0.39, 0.29) is 5.97 Å². The van der Waals surface area contributed by atoms with E-state index < -0.39 is 0 Å². The molecule has 0 spiro atoms. The summed E-state index contributed by atoms with van der Waals surface area (Å²) >= 11 is 0. The molecule has 0 saturated carbocycles. The van der Waals surface area contributed by atoms with E-state index in [1.165, 1.54) is 51.4 Å². The molecular weight excluding hydrogens is 452 g/mol. The van der Waals surface area contributed by atoms with Crippen LogP contribution in [0.2, 0.25) is 0 Å². The second kappa shape index (κ2) is 19.7. The lowest BCUT2D eigenvalue weighted by molar-refractivity contribution is -0.134. The summed E-state index contributed by atoms with van der Waals surface area (Å²) in [6.45, 7) is 6.69. The van der Waals surface area contributed by atoms with Gasteiger partial charge in [-0.3, -0.25) is 4.79 Å². The van der Waals surface area contributed by atoms with Crippen molar-refractivity contribution < 1.29 is 19.0 Å². The summed E-state index contributed by atoms with van der Waals surface area (Å²) in [5.41, 5.74) is 0.865. The van der Waals surface area contributed by atoms with Crippen LogP contribution in [-0.4, -0.2) is 35.8 Å². The minimum atomic E-state index is -0.172. The van der Waals surface area contributed by atoms with E-state index in [4.69, 9.17) is 14.2 Å². The predicted molar refractivity (Wildman–Crippen MR) is 145 cm³/mol. The Labute approximate surface area is 218 Å². The average Bonchev–Trinajstić information content (AvgIpc) is 2.90. The molecule has 0 radical (unpaired) electrons. The van der Waals surface area contributed by atoms with Gasteiger partial charge in [-0.25, -0.2) is 9.97 Å². The first-order chi connectivity index (χ1) is 17.7. The normalized spacial score (nSPS) is 10.9. The molecule has 200 valence electrons. The molecule has 1 heterocycles. The molecule has 0 amide bonds. The molecule has 6 heteroatoms. The highest BCUT2D eigenvalue weighted by Crippen LogP contribution is 2.21. The molecule has 0 saturated heterocycles. The number of unbranched alkanes of at least 4 members (excludes halogenated alkanes) is 10. The van der Waals surface area contributed by atoms with E-state index in [2.05, 4.69) is 23.8 Å². The van der Waals surface area contributed by atoms with Gasteiger partial charge in [-0.15, -0.1) is 0 Å². The summed E-state index contributed by atoms with van der Waals surface area (Å²) < 4.78 is 16.8. The summed E-state index contributed by atoms with van der Waals surface area (Å²) in [6, 6.07) is 7.32. The monoisotopic (exact) mass is 498 g/mol. The Morgan fingerprint density at radius 2 is 1.22 bits per heavy atom. The van der Waals surface area contributed by atoms with Crippen molar-refractivity contribution in [3.05, 3.63) is 36.7 Å². The van der Waals surface area contributed by atoms with Crippen LogP contribution in [0.5, 0.6) is 11.5 Å². The van der Waals surface area contributed by atoms with Crippen LogP contribution in [0.3, 0.4) is 0 Å². The van der Waals surface area contributed by atoms with Gasteiger partial charge in [0.2, 0.25) is 0 Å². The number of esters is 1. The van der Waals surface area contributed by atoms with E-state index in [0.29, 0.717) is 30.4 Å². The number of rotatable bonds is 21. The topological polar surface area (TPSA) is 70.5 Å². The zero-order valence-corrected chi connectivity index (χ0v) is 22.5. The maximum Gasteiger partial charge on any atom is 0.311 e. The zero-order valence-electron chi connectivity index (χ0n) is 22.5. The van der Waals surface area contributed by atoms with Gasteiger partial charge in [-0.2, -0.15) is 0 Å². The Kier molecular flexibility index (Phi) is 16.3. The molecule has 36 heavy (non-hydrogen) atoms. The summed E-state index contributed by atoms with van der Waals surface area (Å²) in [7, 11) is 0. The fourth-order valence-electron chi connectivity index (χ4n) is 3.85. The van der Waals surface area contributed by atoms with Gasteiger partial charge in [-0.05, 0) is 49.9 Å². The lowest BCUT2D eigenvalue weighted by atomic mass is 10.1. The largest absolute Gasteiger partial charge is 0.490 e. The third kappa shape index (κ3) is 13.6. The van der Waals surface area contributed by atoms with Gasteiger partial charge in [0.05, 0.1) is 19.0 Å². The van der Waals surface area contributed by atoms with Gasteiger partial charge >= 0.3 is 5.97 Å². The number of benzene rings is 1. The van der Waals surface area contributed by atoms with Crippen LogP contribution in [0.4, 0.5) is 0 Å². The molecular formula is C30H46N2O4. The van der Waals surface area contributed by atoms with Gasteiger partial charge < -0.3 is 14.2 Å². The first-order valence-corrected chi connectivity index (χ1v) is 14.1. The molecule has 0 atom stereocenters. The summed E-state index contributed by atoms with van der Waals surface area (Å²) in [5, 5.41) is 0. The van der Waals surface area contributed by atoms with Gasteiger partial charge in [0.15, 0.2) is 11.6 Å². The van der Waals surface area contributed by atoms with Crippen molar-refractivity contribution in [1.29, 1.82) is 0 Å². The van der Waals surface area contributed by atoms with Gasteiger partial charge in [0.1, 0.15) is 5.75 Å². The molecule has 0 aliphatic heterocycles. The quantitative estimate of drug-likeness (QED) is 0.0988. The molecule has 0 bridgehead atoms. The van der Waals surface area contributed by atoms with E-state index in [1.54, 1.807) is 24.5 Å². The standard InChI is InChI=1S/C30H46N2O4/c1-3-5-7-8-9-10-11-12-16-29(33)36-27-19-17-26(18-20-27)30-31-24-28(25-32-30)35-23-15-14-22-34-21-13-6-4-2/h17-20,24-25H,3-16,21-23H2,1-2H3. The first-order valence-electron chi connectivity index (χ1n) is 14.1. The summed E-state index contributed by atoms with van der Waals surface area (Å²) in [4.78, 5) is 20.9. The van der Waals surface area contributed by atoms with Crippen LogP contribution in [0.1, 0.15) is 104 Å². The van der Waals surface area contributed by atoms with Crippen LogP contribution < -0.4 is 9.47 Å². The van der Waals surface area contributed by atoms with Crippen LogP contribution >= 0.6 is 0 Å². The van der Waals surface area contributed by atoms with Gasteiger partial charge in [-0.1, -0.05) is 71.6 Å². The van der Waals surface area contributed by atoms with E-state index in [1.807, 2.05) is 12.1 Å². The number of carbonyl (C=O) groups is 1. The molecule has 0 fully saturated rings. The Morgan fingerprint density at radius 3 is 1.89 bits per heavy atom. The molecule has 6 nitrogen and oxygen atoms in total. The zero-order chi connectivity index (χ0) is 25.7. The second-order valence-corrected chi connectivity index (χ2v) is 9.34. The molecule has 1 aromatic heterocycles. The Hall–Kier alpha value is -2.47. The molecule has 0 aliphatic carbocycles. The maximum absolute atomic E-state index is 12.1. The smallest absolute Gasteiger partial charge is 0.311 e. The van der Waals surface area contributed by atoms with E-state index in [0.717, 1.165) is 50.9 Å². The van der Waals surface area contributed by atoms with Crippen LogP contribution in [-0.2, 0) is 9.53 Å². The Balaban J connectivity index is 1.60. The average molecular weight is 499 g/mol. The highest BCUT2D eigenvalue weighted by molar-refractivity contribution is 5.72. The third-order valence-electron chi connectivity index (χ3n) is 6.05. The number of carbonyl (C=O) groups excluding carboxylic acids is 1. The van der Waals surface area contributed by atoms with E-state index in [9.17, 15) is 4.79 Å². The minimum Gasteiger partial charge on any atom is -0.490 e. The molecule has 0 N–H and O–H groups in total. The van der Waals surface area contributed by atoms with Crippen molar-refractivity contribution in [3.63, 3.8) is 0 Å². The fourth-order valence-corrected chi connectivity index (χ4v) is 3.85. The highest BCUT2D eigenvalue weighted by atomic mass is 16.5. The van der Waals surface area contributed by atoms with Crippen LogP contribution in [0.25, 0.3) is 11.4 Å². The first kappa shape index (κ1) is 29.8. The number of ether oxygens (including phenoxy) is 3. The van der Waals surface area contributed by atoms with Crippen molar-refractivity contribution in [1.82, 2.24) is 9.97 Å². The highest BCUT2D eigenvalue weighted by Gasteiger charge is 2.07. The van der Waals surface area contributed by atoms with Gasteiger partial charge in [0.25, 0.3) is 0 Å². The molecule has 0 unspecified atom stereocenters. The number of hydrogen-bond donors (Lipinski definition) is 0. The number of aromatic nitrogens is 2. The maximum atomic E-state index is 12.1. The van der Waals surface area contributed by atoms with Crippen molar-refractivity contribution in [3.8, 4) is 22.9 Å². The fraction of sp³-hybridized carbons (Fsp3) is 0.633. The molecule has 1 aromatic carbocycles. The number of nitrogens with zero attached hydrogens (tertiary/aromatic N) is 2. The molecule has 2 rings (SSSR count). The molecule has 2 aromatic rings. The van der Waals surface area contributed by atoms with Crippen molar-refractivity contribution in [2.45, 2.75) is 104 Å². The second-order valence-electron chi connectivity index (χ2n) is 9.34. The summed E-state index contributed by atoms with van der Waals surface area (Å²) in [6.07, 6.45) is 19.1. The van der Waals surface area contributed by atoms with Gasteiger partial charge in [0, 0.05) is 25.2 Å². The van der Waals surface area contributed by atoms with Crippen molar-refractivity contribution in [2.75, 3.05) is 19.8 Å². The Bertz CT molecular complexity index is 809. The van der Waals surface area contributed by atoms with Crippen molar-refractivity contribution >= 4 is 5.97 Å². The molecule has 0 aliphatic rings. The SMILES string of the molecule is CCCCCCCCCCC(=O)Oc1ccc(-c2ncc(OCCCCOCCCCC)cn2)cc1. The Morgan fingerprint density at radius 1 is 0.667 bits per heavy atom. The lowest BCUT2D eigenvalue weighted by Gasteiger charge is -2.08. The predicted octanol–water partition coefficient (Wildman–Crippen LogP) is 7.95. The lowest BCUT2D eigenvalue weighted by Crippen LogP contribution is -2.07. The summed E-state index contributed by atoms with van der Waals surface area (Å²) in [5.74, 6) is 1.65. The van der Waals surface area contributed by atoms with E-state index >= 15 is 0 Å². The minimum absolute atomic E-state index is 0.172. The third-order valence-corrected chi connectivity index (χ3v) is 6.05. The van der Waals surface area contributed by atoms with Crippen LogP contribution in [0.15, 0.2) is 36.7 Å². The van der Waals surface area contributed by atoms with Crippen LogP contribution in [0, 0.1) is 0 Å².